The molecule has 0 spiro atoms. The zero-order valence-corrected chi connectivity index (χ0v) is 14.0. The van der Waals surface area contributed by atoms with Crippen molar-refractivity contribution in [3.63, 3.8) is 0 Å². The van der Waals surface area contributed by atoms with Gasteiger partial charge in [-0.3, -0.25) is 4.90 Å². The Morgan fingerprint density at radius 2 is 2.18 bits per heavy atom. The minimum Gasteiger partial charge on any atom is -0.468 e. The Morgan fingerprint density at radius 1 is 1.36 bits per heavy atom. The van der Waals surface area contributed by atoms with Gasteiger partial charge in [0.2, 0.25) is 0 Å². The predicted octanol–water partition coefficient (Wildman–Crippen LogP) is 3.60. The molecule has 0 aliphatic carbocycles. The number of likely N-dealkylation sites (tertiary alicyclic amines) is 1. The first-order valence-corrected chi connectivity index (χ1v) is 8.12. The predicted molar refractivity (Wildman–Crippen MR) is 85.3 cm³/mol. The molecular formula is C17H26N4O. The average molecular weight is 302 g/mol. The molecule has 5 nitrogen and oxygen atoms in total. The third-order valence-electron chi connectivity index (χ3n) is 4.45. The van der Waals surface area contributed by atoms with Crippen LogP contribution in [0, 0.1) is 5.92 Å². The van der Waals surface area contributed by atoms with Crippen molar-refractivity contribution in [1.82, 2.24) is 19.7 Å². The highest BCUT2D eigenvalue weighted by molar-refractivity contribution is 5.07. The number of aromatic nitrogens is 3. The molecule has 0 radical (unpaired) electrons. The van der Waals surface area contributed by atoms with Gasteiger partial charge in [0.05, 0.1) is 24.4 Å². The van der Waals surface area contributed by atoms with Gasteiger partial charge in [0.1, 0.15) is 17.9 Å². The monoisotopic (exact) mass is 302 g/mol. The summed E-state index contributed by atoms with van der Waals surface area (Å²) >= 11 is 0. The molecule has 3 rings (SSSR count). The minimum absolute atomic E-state index is 0.0465. The standard InChI is InChI=1S/C17H26N4O/c1-13-7-8-20(14(10-13)15-6-5-9-22-15)11-16-18-12-19-21(16)17(2,3)4/h5-6,9,12-14H,7-8,10-11H2,1-4H3/t13-,14-/m0/s1. The van der Waals surface area contributed by atoms with Gasteiger partial charge in [-0.1, -0.05) is 6.92 Å². The summed E-state index contributed by atoms with van der Waals surface area (Å²) in [5.74, 6) is 2.82. The second kappa shape index (κ2) is 5.88. The van der Waals surface area contributed by atoms with Crippen molar-refractivity contribution in [2.45, 2.75) is 58.7 Å². The van der Waals surface area contributed by atoms with Gasteiger partial charge in [-0.15, -0.1) is 0 Å². The van der Waals surface area contributed by atoms with E-state index in [9.17, 15) is 0 Å². The number of nitrogens with zero attached hydrogens (tertiary/aromatic N) is 4. The normalized spacial score (nSPS) is 23.8. The summed E-state index contributed by atoms with van der Waals surface area (Å²) in [6.45, 7) is 10.7. The molecule has 22 heavy (non-hydrogen) atoms. The Balaban J connectivity index is 1.82. The lowest BCUT2D eigenvalue weighted by Crippen LogP contribution is -2.37. The molecule has 0 aromatic carbocycles. The van der Waals surface area contributed by atoms with Gasteiger partial charge >= 0.3 is 0 Å². The van der Waals surface area contributed by atoms with Crippen molar-refractivity contribution >= 4 is 0 Å². The molecule has 2 aromatic heterocycles. The minimum atomic E-state index is -0.0465. The summed E-state index contributed by atoms with van der Waals surface area (Å²) < 4.78 is 7.72. The second-order valence-corrected chi connectivity index (χ2v) is 7.39. The van der Waals surface area contributed by atoms with Crippen LogP contribution in [0.4, 0.5) is 0 Å². The van der Waals surface area contributed by atoms with Crippen LogP contribution in [0.15, 0.2) is 29.1 Å². The van der Waals surface area contributed by atoms with E-state index in [2.05, 4.69) is 48.7 Å². The van der Waals surface area contributed by atoms with E-state index in [-0.39, 0.29) is 5.54 Å². The highest BCUT2D eigenvalue weighted by Crippen LogP contribution is 2.35. The zero-order valence-electron chi connectivity index (χ0n) is 14.0. The molecule has 2 atom stereocenters. The fraction of sp³-hybridized carbons (Fsp3) is 0.647. The largest absolute Gasteiger partial charge is 0.468 e. The molecule has 0 bridgehead atoms. The molecule has 1 aliphatic heterocycles. The van der Waals surface area contributed by atoms with Crippen molar-refractivity contribution in [3.05, 3.63) is 36.3 Å². The summed E-state index contributed by atoms with van der Waals surface area (Å²) in [7, 11) is 0. The van der Waals surface area contributed by atoms with Gasteiger partial charge in [0, 0.05) is 0 Å². The fourth-order valence-corrected chi connectivity index (χ4v) is 3.27. The molecule has 5 heteroatoms. The Bertz CT molecular complexity index is 596. The van der Waals surface area contributed by atoms with E-state index >= 15 is 0 Å². The number of piperidine rings is 1. The maximum Gasteiger partial charge on any atom is 0.141 e. The first-order valence-electron chi connectivity index (χ1n) is 8.12. The maximum absolute atomic E-state index is 5.68. The maximum atomic E-state index is 5.68. The van der Waals surface area contributed by atoms with E-state index < -0.39 is 0 Å². The topological polar surface area (TPSA) is 47.1 Å². The Hall–Kier alpha value is -1.62. The lowest BCUT2D eigenvalue weighted by Gasteiger charge is -2.37. The van der Waals surface area contributed by atoms with Crippen molar-refractivity contribution in [3.8, 4) is 0 Å². The van der Waals surface area contributed by atoms with Gasteiger partial charge in [0.25, 0.3) is 0 Å². The van der Waals surface area contributed by atoms with Crippen LogP contribution in [0.3, 0.4) is 0 Å². The van der Waals surface area contributed by atoms with E-state index in [1.54, 1.807) is 12.6 Å². The molecule has 0 saturated carbocycles. The van der Waals surface area contributed by atoms with Crippen molar-refractivity contribution in [2.24, 2.45) is 5.92 Å². The zero-order chi connectivity index (χ0) is 15.7. The highest BCUT2D eigenvalue weighted by atomic mass is 16.3. The number of hydrogen-bond acceptors (Lipinski definition) is 4. The second-order valence-electron chi connectivity index (χ2n) is 7.39. The van der Waals surface area contributed by atoms with E-state index in [1.165, 1.54) is 6.42 Å². The molecule has 1 fully saturated rings. The summed E-state index contributed by atoms with van der Waals surface area (Å²) in [6.07, 6.45) is 5.79. The molecule has 0 N–H and O–H groups in total. The first-order chi connectivity index (χ1) is 10.4. The van der Waals surface area contributed by atoms with Crippen LogP contribution in [0.5, 0.6) is 0 Å². The fourth-order valence-electron chi connectivity index (χ4n) is 3.27. The summed E-state index contributed by atoms with van der Waals surface area (Å²) in [4.78, 5) is 6.97. The van der Waals surface area contributed by atoms with Crippen LogP contribution < -0.4 is 0 Å². The molecule has 1 aliphatic rings. The summed E-state index contributed by atoms with van der Waals surface area (Å²) in [6, 6.07) is 4.40. The lowest BCUT2D eigenvalue weighted by molar-refractivity contribution is 0.0883. The van der Waals surface area contributed by atoms with Crippen LogP contribution in [0.25, 0.3) is 0 Å². The Labute approximate surface area is 132 Å². The van der Waals surface area contributed by atoms with Gasteiger partial charge in [0.15, 0.2) is 0 Å². The van der Waals surface area contributed by atoms with E-state index in [0.717, 1.165) is 37.0 Å². The van der Waals surface area contributed by atoms with Crippen molar-refractivity contribution < 1.29 is 4.42 Å². The van der Waals surface area contributed by atoms with Crippen LogP contribution in [0.1, 0.15) is 58.2 Å². The Morgan fingerprint density at radius 3 is 2.86 bits per heavy atom. The SMILES string of the molecule is C[C@H]1CCN(Cc2ncnn2C(C)(C)C)[C@H](c2ccco2)C1. The highest BCUT2D eigenvalue weighted by Gasteiger charge is 2.31. The van der Waals surface area contributed by atoms with Gasteiger partial charge in [-0.05, 0) is 58.2 Å². The molecule has 120 valence electrons. The molecule has 0 amide bonds. The summed E-state index contributed by atoms with van der Waals surface area (Å²) in [5.41, 5.74) is -0.0465. The van der Waals surface area contributed by atoms with Crippen LogP contribution in [0.2, 0.25) is 0 Å². The lowest BCUT2D eigenvalue weighted by atomic mass is 9.91. The quantitative estimate of drug-likeness (QED) is 0.869. The molecular weight excluding hydrogens is 276 g/mol. The number of furan rings is 1. The van der Waals surface area contributed by atoms with Crippen molar-refractivity contribution in [2.75, 3.05) is 6.54 Å². The smallest absolute Gasteiger partial charge is 0.141 e. The average Bonchev–Trinajstić information content (AvgIpc) is 3.10. The van der Waals surface area contributed by atoms with Gasteiger partial charge in [-0.2, -0.15) is 5.10 Å². The first kappa shape index (κ1) is 15.3. The van der Waals surface area contributed by atoms with Crippen LogP contribution in [-0.2, 0) is 12.1 Å². The Kier molecular flexibility index (Phi) is 4.08. The molecule has 0 unspecified atom stereocenters. The third-order valence-corrected chi connectivity index (χ3v) is 4.45. The van der Waals surface area contributed by atoms with Gasteiger partial charge in [-0.25, -0.2) is 9.67 Å². The summed E-state index contributed by atoms with van der Waals surface area (Å²) in [5, 5.41) is 4.41. The molecule has 2 aromatic rings. The van der Waals surface area contributed by atoms with E-state index in [0.29, 0.717) is 6.04 Å². The molecule has 3 heterocycles. The van der Waals surface area contributed by atoms with Crippen LogP contribution >= 0.6 is 0 Å². The number of hydrogen-bond donors (Lipinski definition) is 0. The van der Waals surface area contributed by atoms with Gasteiger partial charge < -0.3 is 4.42 Å². The van der Waals surface area contributed by atoms with Crippen molar-refractivity contribution in [1.29, 1.82) is 0 Å². The van der Waals surface area contributed by atoms with E-state index in [1.807, 2.05) is 10.7 Å². The third kappa shape index (κ3) is 3.09. The van der Waals surface area contributed by atoms with E-state index in [4.69, 9.17) is 4.42 Å². The number of rotatable bonds is 3. The molecule has 1 saturated heterocycles. The van der Waals surface area contributed by atoms with Crippen LogP contribution in [-0.4, -0.2) is 26.2 Å².